The molecular formula is C21H24Cl2N2O4. The molecule has 0 bridgehead atoms. The van der Waals surface area contributed by atoms with E-state index >= 15 is 0 Å². The van der Waals surface area contributed by atoms with E-state index in [9.17, 15) is 4.79 Å². The fourth-order valence-electron chi connectivity index (χ4n) is 3.37. The number of methoxy groups -OCH3 is 2. The first kappa shape index (κ1) is 21.7. The molecule has 1 atom stereocenters. The van der Waals surface area contributed by atoms with Gasteiger partial charge in [0.05, 0.1) is 44.1 Å². The van der Waals surface area contributed by atoms with E-state index in [0.29, 0.717) is 46.9 Å². The fourth-order valence-corrected chi connectivity index (χ4v) is 3.86. The van der Waals surface area contributed by atoms with Crippen molar-refractivity contribution in [3.8, 4) is 11.5 Å². The number of nitrogens with one attached hydrogen (secondary N) is 1. The summed E-state index contributed by atoms with van der Waals surface area (Å²) in [6.45, 7) is 3.27. The first-order valence-corrected chi connectivity index (χ1v) is 10.1. The van der Waals surface area contributed by atoms with Gasteiger partial charge in [-0.05, 0) is 35.9 Å². The maximum atomic E-state index is 12.7. The molecule has 1 saturated heterocycles. The van der Waals surface area contributed by atoms with E-state index in [-0.39, 0.29) is 11.9 Å². The van der Waals surface area contributed by atoms with Gasteiger partial charge in [0.2, 0.25) is 0 Å². The Labute approximate surface area is 180 Å². The highest BCUT2D eigenvalue weighted by molar-refractivity contribution is 6.36. The molecule has 29 heavy (non-hydrogen) atoms. The summed E-state index contributed by atoms with van der Waals surface area (Å²) >= 11 is 12.1. The molecule has 8 heteroatoms. The lowest BCUT2D eigenvalue weighted by Crippen LogP contribution is -2.43. The van der Waals surface area contributed by atoms with Crippen molar-refractivity contribution < 1.29 is 19.0 Å². The summed E-state index contributed by atoms with van der Waals surface area (Å²) in [5.74, 6) is 1.06. The quantitative estimate of drug-likeness (QED) is 0.711. The summed E-state index contributed by atoms with van der Waals surface area (Å²) < 4.78 is 16.3. The molecule has 0 saturated carbocycles. The average molecular weight is 439 g/mol. The van der Waals surface area contributed by atoms with Gasteiger partial charge in [-0.25, -0.2) is 0 Å². The van der Waals surface area contributed by atoms with Crippen LogP contribution < -0.4 is 14.8 Å². The van der Waals surface area contributed by atoms with Crippen LogP contribution in [0.2, 0.25) is 10.0 Å². The number of nitrogens with zero attached hydrogens (tertiary/aromatic N) is 1. The minimum absolute atomic E-state index is 0.0475. The van der Waals surface area contributed by atoms with Crippen LogP contribution in [-0.2, 0) is 4.74 Å². The molecule has 2 aromatic carbocycles. The van der Waals surface area contributed by atoms with Crippen molar-refractivity contribution in [2.75, 3.05) is 47.1 Å². The molecule has 2 aromatic rings. The second-order valence-electron chi connectivity index (χ2n) is 6.61. The van der Waals surface area contributed by atoms with Gasteiger partial charge in [-0.1, -0.05) is 29.3 Å². The molecule has 1 N–H and O–H groups in total. The standard InChI is InChI=1S/C21H24Cl2N2O4/c1-27-19-6-3-14(11-20(19)28-2)18(25-7-9-29-10-8-25)13-24-21(26)16-5-4-15(22)12-17(16)23/h3-6,11-12,18H,7-10,13H2,1-2H3,(H,24,26). The van der Waals surface area contributed by atoms with Crippen LogP contribution in [0.4, 0.5) is 0 Å². The van der Waals surface area contributed by atoms with Crippen molar-refractivity contribution in [3.05, 3.63) is 57.6 Å². The maximum absolute atomic E-state index is 12.7. The molecule has 1 aliphatic rings. The lowest BCUT2D eigenvalue weighted by atomic mass is 10.0. The first-order chi connectivity index (χ1) is 14.0. The molecule has 1 aliphatic heterocycles. The third-order valence-corrected chi connectivity index (χ3v) is 5.46. The van der Waals surface area contributed by atoms with Gasteiger partial charge in [0, 0.05) is 24.7 Å². The fraction of sp³-hybridized carbons (Fsp3) is 0.381. The Morgan fingerprint density at radius 1 is 1.10 bits per heavy atom. The van der Waals surface area contributed by atoms with E-state index in [1.807, 2.05) is 18.2 Å². The lowest BCUT2D eigenvalue weighted by Gasteiger charge is -2.35. The predicted molar refractivity (Wildman–Crippen MR) is 113 cm³/mol. The van der Waals surface area contributed by atoms with E-state index < -0.39 is 0 Å². The number of carbonyl (C=O) groups excluding carboxylic acids is 1. The van der Waals surface area contributed by atoms with Crippen LogP contribution in [0, 0.1) is 0 Å². The average Bonchev–Trinajstić information content (AvgIpc) is 2.74. The molecule has 6 nitrogen and oxygen atoms in total. The van der Waals surface area contributed by atoms with Crippen molar-refractivity contribution in [2.24, 2.45) is 0 Å². The number of hydrogen-bond donors (Lipinski definition) is 1. The number of hydrogen-bond acceptors (Lipinski definition) is 5. The summed E-state index contributed by atoms with van der Waals surface area (Å²) in [4.78, 5) is 15.0. The minimum atomic E-state index is -0.245. The normalized spacial score (nSPS) is 15.6. The number of ether oxygens (including phenoxy) is 3. The van der Waals surface area contributed by atoms with Crippen molar-refractivity contribution in [2.45, 2.75) is 6.04 Å². The van der Waals surface area contributed by atoms with E-state index in [1.54, 1.807) is 32.4 Å². The number of carbonyl (C=O) groups is 1. The van der Waals surface area contributed by atoms with Crippen LogP contribution in [0.15, 0.2) is 36.4 Å². The van der Waals surface area contributed by atoms with Crippen LogP contribution in [0.5, 0.6) is 11.5 Å². The Bertz CT molecular complexity index is 857. The van der Waals surface area contributed by atoms with E-state index in [1.165, 1.54) is 0 Å². The van der Waals surface area contributed by atoms with E-state index in [4.69, 9.17) is 37.4 Å². The van der Waals surface area contributed by atoms with Gasteiger partial charge in [-0.2, -0.15) is 0 Å². The number of morpholine rings is 1. The second-order valence-corrected chi connectivity index (χ2v) is 7.46. The lowest BCUT2D eigenvalue weighted by molar-refractivity contribution is 0.0162. The zero-order valence-electron chi connectivity index (χ0n) is 16.4. The largest absolute Gasteiger partial charge is 0.493 e. The molecule has 1 unspecified atom stereocenters. The number of benzene rings is 2. The van der Waals surface area contributed by atoms with Crippen LogP contribution in [0.1, 0.15) is 22.0 Å². The van der Waals surface area contributed by atoms with Crippen molar-refractivity contribution in [1.29, 1.82) is 0 Å². The molecule has 0 radical (unpaired) electrons. The Morgan fingerprint density at radius 2 is 1.83 bits per heavy atom. The monoisotopic (exact) mass is 438 g/mol. The van der Waals surface area contributed by atoms with Gasteiger partial charge in [-0.3, -0.25) is 9.69 Å². The van der Waals surface area contributed by atoms with Gasteiger partial charge in [0.1, 0.15) is 0 Å². The topological polar surface area (TPSA) is 60.0 Å². The Hall–Kier alpha value is -1.99. The summed E-state index contributed by atoms with van der Waals surface area (Å²) in [6.07, 6.45) is 0. The zero-order chi connectivity index (χ0) is 20.8. The molecule has 0 aromatic heterocycles. The van der Waals surface area contributed by atoms with E-state index in [0.717, 1.165) is 18.7 Å². The SMILES string of the molecule is COc1ccc(C(CNC(=O)c2ccc(Cl)cc2Cl)N2CCOCC2)cc1OC. The van der Waals surface area contributed by atoms with Crippen molar-refractivity contribution in [1.82, 2.24) is 10.2 Å². The second kappa shape index (κ2) is 10.2. The molecule has 3 rings (SSSR count). The van der Waals surface area contributed by atoms with Crippen molar-refractivity contribution in [3.63, 3.8) is 0 Å². The molecule has 156 valence electrons. The third-order valence-electron chi connectivity index (χ3n) is 4.91. The van der Waals surface area contributed by atoms with E-state index in [2.05, 4.69) is 10.2 Å². The van der Waals surface area contributed by atoms with Gasteiger partial charge in [-0.15, -0.1) is 0 Å². The predicted octanol–water partition coefficient (Wildman–Crippen LogP) is 3.81. The minimum Gasteiger partial charge on any atom is -0.493 e. The highest BCUT2D eigenvalue weighted by Crippen LogP contribution is 2.32. The van der Waals surface area contributed by atoms with Crippen LogP contribution in [0.3, 0.4) is 0 Å². The summed E-state index contributed by atoms with van der Waals surface area (Å²) in [6, 6.07) is 10.6. The smallest absolute Gasteiger partial charge is 0.252 e. The third kappa shape index (κ3) is 5.34. The Balaban J connectivity index is 1.81. The molecular weight excluding hydrogens is 415 g/mol. The first-order valence-electron chi connectivity index (χ1n) is 9.30. The Kier molecular flexibility index (Phi) is 7.61. The number of amides is 1. The van der Waals surface area contributed by atoms with Gasteiger partial charge < -0.3 is 19.5 Å². The zero-order valence-corrected chi connectivity index (χ0v) is 17.9. The maximum Gasteiger partial charge on any atom is 0.252 e. The van der Waals surface area contributed by atoms with Gasteiger partial charge >= 0.3 is 0 Å². The summed E-state index contributed by atoms with van der Waals surface area (Å²) in [7, 11) is 3.21. The number of rotatable bonds is 7. The molecule has 1 amide bonds. The van der Waals surface area contributed by atoms with Gasteiger partial charge in [0.15, 0.2) is 11.5 Å². The molecule has 1 heterocycles. The highest BCUT2D eigenvalue weighted by Gasteiger charge is 2.25. The highest BCUT2D eigenvalue weighted by atomic mass is 35.5. The van der Waals surface area contributed by atoms with Gasteiger partial charge in [0.25, 0.3) is 5.91 Å². The molecule has 0 aliphatic carbocycles. The van der Waals surface area contributed by atoms with Crippen LogP contribution >= 0.6 is 23.2 Å². The summed E-state index contributed by atoms with van der Waals surface area (Å²) in [5.41, 5.74) is 1.41. The molecule has 0 spiro atoms. The molecule has 1 fully saturated rings. The van der Waals surface area contributed by atoms with Crippen LogP contribution in [0.25, 0.3) is 0 Å². The number of halogens is 2. The van der Waals surface area contributed by atoms with Crippen LogP contribution in [-0.4, -0.2) is 57.9 Å². The summed E-state index contributed by atoms with van der Waals surface area (Å²) in [5, 5.41) is 3.81. The Morgan fingerprint density at radius 3 is 2.48 bits per heavy atom. The van der Waals surface area contributed by atoms with Crippen molar-refractivity contribution >= 4 is 29.1 Å².